The summed E-state index contributed by atoms with van der Waals surface area (Å²) < 4.78 is 14.9. The number of rotatable bonds is 9. The molecule has 0 unspecified atom stereocenters. The van der Waals surface area contributed by atoms with Gasteiger partial charge in [0.1, 0.15) is 9.88 Å². The van der Waals surface area contributed by atoms with Crippen molar-refractivity contribution in [2.75, 3.05) is 25.1 Å². The van der Waals surface area contributed by atoms with Crippen molar-refractivity contribution in [3.8, 4) is 0 Å². The number of hydrogen-bond donors (Lipinski definition) is 1. The first-order valence-corrected chi connectivity index (χ1v) is 10.7. The average Bonchev–Trinajstić information content (AvgIpc) is 3.33. The van der Waals surface area contributed by atoms with E-state index in [9.17, 15) is 19.2 Å². The van der Waals surface area contributed by atoms with Crippen molar-refractivity contribution in [2.24, 2.45) is 0 Å². The molecule has 8 nitrogen and oxygen atoms in total. The molecule has 0 spiro atoms. The normalized spacial score (nSPS) is 10.6. The molecule has 30 heavy (non-hydrogen) atoms. The Morgan fingerprint density at radius 2 is 1.77 bits per heavy atom. The Morgan fingerprint density at radius 3 is 2.40 bits per heavy atom. The van der Waals surface area contributed by atoms with Gasteiger partial charge in [-0.25, -0.2) is 14.4 Å². The zero-order valence-electron chi connectivity index (χ0n) is 16.7. The van der Waals surface area contributed by atoms with E-state index in [2.05, 4.69) is 5.32 Å². The van der Waals surface area contributed by atoms with Crippen LogP contribution in [0.4, 0.5) is 5.00 Å². The molecule has 0 bridgehead atoms. The lowest BCUT2D eigenvalue weighted by atomic mass is 10.1. The molecule has 0 aromatic carbocycles. The Labute approximate surface area is 181 Å². The van der Waals surface area contributed by atoms with Gasteiger partial charge in [0.15, 0.2) is 6.61 Å². The fourth-order valence-corrected chi connectivity index (χ4v) is 4.05. The van der Waals surface area contributed by atoms with Crippen molar-refractivity contribution in [1.82, 2.24) is 0 Å². The lowest BCUT2D eigenvalue weighted by Crippen LogP contribution is -2.21. The van der Waals surface area contributed by atoms with Crippen LogP contribution in [0.1, 0.15) is 44.3 Å². The molecule has 0 radical (unpaired) electrons. The van der Waals surface area contributed by atoms with Crippen molar-refractivity contribution < 1.29 is 33.4 Å². The minimum Gasteiger partial charge on any atom is -0.462 e. The SMILES string of the molecule is CCOC(=O)c1sc(NC(=O)COC(=O)/C=C/c2cccs2)c(C(=O)OCC)c1C. The van der Waals surface area contributed by atoms with Crippen LogP contribution >= 0.6 is 22.7 Å². The average molecular weight is 452 g/mol. The number of amides is 1. The van der Waals surface area contributed by atoms with Gasteiger partial charge in [0.25, 0.3) is 5.91 Å². The lowest BCUT2D eigenvalue weighted by molar-refractivity contribution is -0.142. The number of nitrogens with one attached hydrogen (secondary N) is 1. The Balaban J connectivity index is 2.08. The molecule has 0 fully saturated rings. The third kappa shape index (κ3) is 6.26. The van der Waals surface area contributed by atoms with Crippen LogP contribution in [0.5, 0.6) is 0 Å². The van der Waals surface area contributed by atoms with E-state index in [1.807, 2.05) is 17.5 Å². The molecule has 2 rings (SSSR count). The number of hydrogen-bond acceptors (Lipinski definition) is 9. The van der Waals surface area contributed by atoms with E-state index in [0.29, 0.717) is 5.56 Å². The van der Waals surface area contributed by atoms with Crippen LogP contribution in [0.3, 0.4) is 0 Å². The highest BCUT2D eigenvalue weighted by Gasteiger charge is 2.27. The van der Waals surface area contributed by atoms with Gasteiger partial charge in [0.05, 0.1) is 18.8 Å². The van der Waals surface area contributed by atoms with E-state index in [-0.39, 0.29) is 28.7 Å². The largest absolute Gasteiger partial charge is 0.462 e. The summed E-state index contributed by atoms with van der Waals surface area (Å²) >= 11 is 2.35. The van der Waals surface area contributed by atoms with Crippen molar-refractivity contribution in [3.05, 3.63) is 44.5 Å². The summed E-state index contributed by atoms with van der Waals surface area (Å²) in [7, 11) is 0. The molecule has 2 aromatic rings. The van der Waals surface area contributed by atoms with Gasteiger partial charge in [-0.1, -0.05) is 6.07 Å². The number of carbonyl (C=O) groups excluding carboxylic acids is 4. The lowest BCUT2D eigenvalue weighted by Gasteiger charge is -2.07. The number of carbonyl (C=O) groups is 4. The van der Waals surface area contributed by atoms with Crippen LogP contribution < -0.4 is 5.32 Å². The molecule has 0 aliphatic heterocycles. The summed E-state index contributed by atoms with van der Waals surface area (Å²) in [6.45, 7) is 4.62. The van der Waals surface area contributed by atoms with Crippen molar-refractivity contribution >= 4 is 57.6 Å². The second kappa shape index (κ2) is 11.3. The predicted molar refractivity (Wildman–Crippen MR) is 114 cm³/mol. The van der Waals surface area contributed by atoms with E-state index in [0.717, 1.165) is 16.2 Å². The third-order valence-electron chi connectivity index (χ3n) is 3.61. The van der Waals surface area contributed by atoms with Gasteiger partial charge in [0, 0.05) is 11.0 Å². The first-order chi connectivity index (χ1) is 14.4. The number of ether oxygens (including phenoxy) is 3. The number of anilines is 1. The molecule has 2 aromatic heterocycles. The maximum absolute atomic E-state index is 12.3. The van der Waals surface area contributed by atoms with E-state index in [1.54, 1.807) is 26.8 Å². The summed E-state index contributed by atoms with van der Waals surface area (Å²) in [5.74, 6) is -2.61. The summed E-state index contributed by atoms with van der Waals surface area (Å²) in [6.07, 6.45) is 2.80. The quantitative estimate of drug-likeness (QED) is 0.352. The Hall–Kier alpha value is -2.98. The molecule has 0 saturated heterocycles. The Kier molecular flexibility index (Phi) is 8.75. The molecule has 10 heteroatoms. The maximum Gasteiger partial charge on any atom is 0.348 e. The summed E-state index contributed by atoms with van der Waals surface area (Å²) in [5.41, 5.74) is 0.422. The maximum atomic E-state index is 12.3. The minimum atomic E-state index is -0.682. The summed E-state index contributed by atoms with van der Waals surface area (Å²) in [5, 5.41) is 4.50. The Morgan fingerprint density at radius 1 is 1.07 bits per heavy atom. The highest BCUT2D eigenvalue weighted by atomic mass is 32.1. The van der Waals surface area contributed by atoms with E-state index in [4.69, 9.17) is 14.2 Å². The van der Waals surface area contributed by atoms with Crippen molar-refractivity contribution in [3.63, 3.8) is 0 Å². The predicted octanol–water partition coefficient (Wildman–Crippen LogP) is 3.67. The molecule has 1 N–H and O–H groups in total. The smallest absolute Gasteiger partial charge is 0.348 e. The van der Waals surface area contributed by atoms with Crippen LogP contribution in [0.15, 0.2) is 23.6 Å². The van der Waals surface area contributed by atoms with E-state index in [1.165, 1.54) is 17.4 Å². The standard InChI is InChI=1S/C20H21NO7S2/c1-4-26-19(24)16-12(3)17(20(25)27-5-2)30-18(16)21-14(22)11-28-15(23)9-8-13-7-6-10-29-13/h6-10H,4-5,11H2,1-3H3,(H,21,22)/b9-8+. The highest BCUT2D eigenvalue weighted by molar-refractivity contribution is 7.18. The second-order valence-corrected chi connectivity index (χ2v) is 7.71. The van der Waals surface area contributed by atoms with Gasteiger partial charge in [-0.15, -0.1) is 22.7 Å². The molecule has 0 saturated carbocycles. The first kappa shape index (κ1) is 23.3. The summed E-state index contributed by atoms with van der Waals surface area (Å²) in [4.78, 5) is 49.5. The van der Waals surface area contributed by atoms with Gasteiger partial charge in [-0.3, -0.25) is 4.79 Å². The topological polar surface area (TPSA) is 108 Å². The fourth-order valence-electron chi connectivity index (χ4n) is 2.33. The van der Waals surface area contributed by atoms with Crippen molar-refractivity contribution in [2.45, 2.75) is 20.8 Å². The second-order valence-electron chi connectivity index (χ2n) is 5.71. The molecular formula is C20H21NO7S2. The molecule has 2 heterocycles. The summed E-state index contributed by atoms with van der Waals surface area (Å²) in [6, 6.07) is 3.68. The van der Waals surface area contributed by atoms with Crippen LogP contribution in [0.25, 0.3) is 6.08 Å². The monoisotopic (exact) mass is 451 g/mol. The van der Waals surface area contributed by atoms with E-state index >= 15 is 0 Å². The van der Waals surface area contributed by atoms with Crippen molar-refractivity contribution in [1.29, 1.82) is 0 Å². The molecule has 1 amide bonds. The fraction of sp³-hybridized carbons (Fsp3) is 0.300. The zero-order valence-corrected chi connectivity index (χ0v) is 18.3. The highest BCUT2D eigenvalue weighted by Crippen LogP contribution is 2.34. The van der Waals surface area contributed by atoms with Gasteiger partial charge in [-0.2, -0.15) is 0 Å². The van der Waals surface area contributed by atoms with Gasteiger partial charge < -0.3 is 19.5 Å². The third-order valence-corrected chi connectivity index (χ3v) is 5.64. The first-order valence-electron chi connectivity index (χ1n) is 9.03. The van der Waals surface area contributed by atoms with E-state index < -0.39 is 30.4 Å². The number of esters is 3. The molecule has 0 atom stereocenters. The molecule has 0 aliphatic rings. The molecule has 0 aliphatic carbocycles. The zero-order chi connectivity index (χ0) is 22.1. The van der Waals surface area contributed by atoms with Gasteiger partial charge in [-0.05, 0) is 43.9 Å². The Bertz CT molecular complexity index is 945. The van der Waals surface area contributed by atoms with Crippen LogP contribution in [-0.4, -0.2) is 43.6 Å². The number of thiophene rings is 2. The van der Waals surface area contributed by atoms with Gasteiger partial charge in [0.2, 0.25) is 0 Å². The van der Waals surface area contributed by atoms with Crippen LogP contribution in [0.2, 0.25) is 0 Å². The van der Waals surface area contributed by atoms with Gasteiger partial charge >= 0.3 is 17.9 Å². The van der Waals surface area contributed by atoms with Crippen LogP contribution in [0, 0.1) is 6.92 Å². The molecule has 160 valence electrons. The van der Waals surface area contributed by atoms with Crippen LogP contribution in [-0.2, 0) is 23.8 Å². The minimum absolute atomic E-state index is 0.0715. The molecular weight excluding hydrogens is 430 g/mol.